The Morgan fingerprint density at radius 2 is 1.68 bits per heavy atom. The van der Waals surface area contributed by atoms with Crippen molar-refractivity contribution in [3.63, 3.8) is 0 Å². The highest BCUT2D eigenvalue weighted by Crippen LogP contribution is 2.30. The van der Waals surface area contributed by atoms with Crippen molar-refractivity contribution in [1.29, 1.82) is 0 Å². The van der Waals surface area contributed by atoms with Gasteiger partial charge in [0.2, 0.25) is 4.96 Å². The van der Waals surface area contributed by atoms with Crippen LogP contribution in [0.5, 0.6) is 17.2 Å². The molecule has 3 aromatic carbocycles. The maximum Gasteiger partial charge on any atom is 0.291 e. The maximum atomic E-state index is 13.5. The van der Waals surface area contributed by atoms with E-state index in [1.165, 1.54) is 15.9 Å². The van der Waals surface area contributed by atoms with E-state index in [4.69, 9.17) is 19.3 Å². The fourth-order valence-corrected chi connectivity index (χ4v) is 5.97. The third-order valence-corrected chi connectivity index (χ3v) is 8.49. The number of methoxy groups -OCH3 is 1. The van der Waals surface area contributed by atoms with Crippen molar-refractivity contribution in [2.75, 3.05) is 20.3 Å². The molecule has 6 rings (SSSR count). The standard InChI is InChI=1S/C37H37N5O4S/c1-5-7-20-46-31-16-13-26(22-32(31)44-4)14-18-34-38-37-42(39-34)36(43)33(47-37)23-28-24-41(29-11-9-8-10-12-29)40-35(28)27-15-17-30(25(3)21-27)45-19-6-2/h8-18,21-24H,5-7,19-20H2,1-4H3/b18-14+,33-23-. The van der Waals surface area contributed by atoms with E-state index >= 15 is 0 Å². The molecule has 3 heterocycles. The molecule has 0 amide bonds. The van der Waals surface area contributed by atoms with Crippen LogP contribution in [-0.4, -0.2) is 44.7 Å². The highest BCUT2D eigenvalue weighted by molar-refractivity contribution is 7.15. The molecule has 0 spiro atoms. The molecule has 0 atom stereocenters. The number of thiazole rings is 1. The first kappa shape index (κ1) is 31.7. The van der Waals surface area contributed by atoms with Gasteiger partial charge >= 0.3 is 0 Å². The molecule has 0 radical (unpaired) electrons. The van der Waals surface area contributed by atoms with E-state index in [1.807, 2.05) is 90.6 Å². The average molecular weight is 648 g/mol. The predicted molar refractivity (Wildman–Crippen MR) is 188 cm³/mol. The number of hydrogen-bond donors (Lipinski definition) is 0. The zero-order valence-corrected chi connectivity index (χ0v) is 27.8. The van der Waals surface area contributed by atoms with E-state index in [-0.39, 0.29) is 5.56 Å². The van der Waals surface area contributed by atoms with E-state index in [1.54, 1.807) is 13.2 Å². The van der Waals surface area contributed by atoms with Gasteiger partial charge in [-0.1, -0.05) is 61.9 Å². The normalized spacial score (nSPS) is 12.0. The molecule has 0 aliphatic heterocycles. The lowest BCUT2D eigenvalue weighted by Crippen LogP contribution is -2.23. The van der Waals surface area contributed by atoms with Crippen LogP contribution >= 0.6 is 11.3 Å². The Labute approximate surface area is 277 Å². The first-order valence-electron chi connectivity index (χ1n) is 15.8. The van der Waals surface area contributed by atoms with E-state index in [2.05, 4.69) is 30.0 Å². The Morgan fingerprint density at radius 1 is 0.872 bits per heavy atom. The SMILES string of the molecule is CCCCOc1ccc(/C=C/c2nc3s/c(=C\c4cn(-c5ccccc5)nc4-c4ccc(OCCC)c(C)c4)c(=O)n3n2)cc1OC. The van der Waals surface area contributed by atoms with E-state index in [0.717, 1.165) is 58.6 Å². The summed E-state index contributed by atoms with van der Waals surface area (Å²) in [7, 11) is 1.63. The van der Waals surface area contributed by atoms with Gasteiger partial charge in [0.15, 0.2) is 17.3 Å². The number of aromatic nitrogens is 5. The molecule has 0 unspecified atom stereocenters. The van der Waals surface area contributed by atoms with Gasteiger partial charge in [0.05, 0.1) is 30.5 Å². The number of rotatable bonds is 13. The van der Waals surface area contributed by atoms with E-state index in [9.17, 15) is 4.79 Å². The molecule has 0 saturated heterocycles. The molecule has 9 nitrogen and oxygen atoms in total. The highest BCUT2D eigenvalue weighted by atomic mass is 32.1. The van der Waals surface area contributed by atoms with Gasteiger partial charge in [-0.25, -0.2) is 4.68 Å². The topological polar surface area (TPSA) is 92.8 Å². The minimum Gasteiger partial charge on any atom is -0.493 e. The van der Waals surface area contributed by atoms with Gasteiger partial charge in [-0.2, -0.15) is 14.6 Å². The number of ether oxygens (including phenoxy) is 3. The Bertz CT molecular complexity index is 2130. The number of benzene rings is 3. The lowest BCUT2D eigenvalue weighted by molar-refractivity contribution is 0.288. The molecule has 0 bridgehead atoms. The van der Waals surface area contributed by atoms with Gasteiger partial charge in [-0.3, -0.25) is 4.79 Å². The van der Waals surface area contributed by atoms with Crippen molar-refractivity contribution in [3.05, 3.63) is 110 Å². The molecular weight excluding hydrogens is 611 g/mol. The van der Waals surface area contributed by atoms with Crippen LogP contribution in [0, 0.1) is 6.92 Å². The summed E-state index contributed by atoms with van der Waals surface area (Å²) >= 11 is 1.30. The van der Waals surface area contributed by atoms with Gasteiger partial charge in [0, 0.05) is 17.3 Å². The van der Waals surface area contributed by atoms with Crippen LogP contribution < -0.4 is 24.3 Å². The van der Waals surface area contributed by atoms with Crippen LogP contribution in [0.1, 0.15) is 55.6 Å². The summed E-state index contributed by atoms with van der Waals surface area (Å²) in [6.07, 6.45) is 10.5. The summed E-state index contributed by atoms with van der Waals surface area (Å²) in [6.45, 7) is 7.55. The molecular formula is C37H37N5O4S. The van der Waals surface area contributed by atoms with Gasteiger partial charge in [0.1, 0.15) is 11.4 Å². The first-order chi connectivity index (χ1) is 23.0. The quantitative estimate of drug-likeness (QED) is 0.125. The Kier molecular flexibility index (Phi) is 9.78. The summed E-state index contributed by atoms with van der Waals surface area (Å²) in [6, 6.07) is 21.7. The molecule has 3 aromatic heterocycles. The van der Waals surface area contributed by atoms with Crippen LogP contribution in [0.25, 0.3) is 40.1 Å². The summed E-state index contributed by atoms with van der Waals surface area (Å²) in [5.41, 5.74) is 5.13. The van der Waals surface area contributed by atoms with Crippen LogP contribution in [0.4, 0.5) is 0 Å². The summed E-state index contributed by atoms with van der Waals surface area (Å²) in [4.78, 5) is 18.6. The Hall–Kier alpha value is -5.22. The van der Waals surface area contributed by atoms with Crippen LogP contribution in [0.3, 0.4) is 0 Å². The predicted octanol–water partition coefficient (Wildman–Crippen LogP) is 7.01. The minimum atomic E-state index is -0.231. The molecule has 6 aromatic rings. The fourth-order valence-electron chi connectivity index (χ4n) is 5.07. The van der Waals surface area contributed by atoms with Crippen LogP contribution in [0.2, 0.25) is 0 Å². The zero-order chi connectivity index (χ0) is 32.8. The Balaban J connectivity index is 1.31. The fraction of sp³-hybridized carbons (Fsp3) is 0.243. The number of hydrogen-bond acceptors (Lipinski definition) is 8. The van der Waals surface area contributed by atoms with E-state index < -0.39 is 0 Å². The maximum absolute atomic E-state index is 13.5. The average Bonchev–Trinajstić information content (AvgIpc) is 3.78. The number of fused-ring (bicyclic) bond motifs is 1. The van der Waals surface area contributed by atoms with E-state index in [0.29, 0.717) is 40.0 Å². The van der Waals surface area contributed by atoms with Crippen molar-refractivity contribution < 1.29 is 14.2 Å². The summed E-state index contributed by atoms with van der Waals surface area (Å²) < 4.78 is 21.0. The lowest BCUT2D eigenvalue weighted by atomic mass is 10.0. The molecule has 0 saturated carbocycles. The minimum absolute atomic E-state index is 0.231. The second kappa shape index (κ2) is 14.5. The number of aryl methyl sites for hydroxylation is 1. The van der Waals surface area contributed by atoms with Gasteiger partial charge in [0.25, 0.3) is 5.56 Å². The summed E-state index contributed by atoms with van der Waals surface area (Å²) in [5, 5.41) is 9.42. The van der Waals surface area contributed by atoms with Crippen molar-refractivity contribution in [1.82, 2.24) is 24.4 Å². The first-order valence-corrected chi connectivity index (χ1v) is 16.6. The largest absolute Gasteiger partial charge is 0.493 e. The number of para-hydroxylation sites is 1. The summed E-state index contributed by atoms with van der Waals surface area (Å²) in [5.74, 6) is 2.67. The molecule has 0 fully saturated rings. The number of nitrogens with zero attached hydrogens (tertiary/aromatic N) is 5. The second-order valence-corrected chi connectivity index (χ2v) is 12.1. The van der Waals surface area contributed by atoms with Crippen molar-refractivity contribution in [2.24, 2.45) is 0 Å². The van der Waals surface area contributed by atoms with Gasteiger partial charge < -0.3 is 14.2 Å². The Morgan fingerprint density at radius 3 is 2.43 bits per heavy atom. The molecule has 47 heavy (non-hydrogen) atoms. The lowest BCUT2D eigenvalue weighted by Gasteiger charge is -2.10. The van der Waals surface area contributed by atoms with Gasteiger partial charge in [-0.15, -0.1) is 5.10 Å². The zero-order valence-electron chi connectivity index (χ0n) is 27.0. The van der Waals surface area contributed by atoms with Crippen LogP contribution in [0.15, 0.2) is 77.7 Å². The van der Waals surface area contributed by atoms with Crippen molar-refractivity contribution in [3.8, 4) is 34.2 Å². The molecule has 240 valence electrons. The third-order valence-electron chi connectivity index (χ3n) is 7.53. The molecule has 10 heteroatoms. The van der Waals surface area contributed by atoms with Crippen LogP contribution in [-0.2, 0) is 0 Å². The number of unbranched alkanes of at least 4 members (excludes halogenated alkanes) is 1. The monoisotopic (exact) mass is 647 g/mol. The molecule has 0 N–H and O–H groups in total. The third kappa shape index (κ3) is 7.12. The highest BCUT2D eigenvalue weighted by Gasteiger charge is 2.15. The molecule has 0 aliphatic carbocycles. The molecule has 0 aliphatic rings. The smallest absolute Gasteiger partial charge is 0.291 e. The second-order valence-electron chi connectivity index (χ2n) is 11.1. The van der Waals surface area contributed by atoms with Crippen molar-refractivity contribution in [2.45, 2.75) is 40.0 Å². The van der Waals surface area contributed by atoms with Gasteiger partial charge in [-0.05, 0) is 85.5 Å². The van der Waals surface area contributed by atoms with Crippen molar-refractivity contribution >= 4 is 34.5 Å².